The largest absolute Gasteiger partial charge is 0.264 e. The van der Waals surface area contributed by atoms with Crippen LogP contribution in [0.25, 0.3) is 0 Å². The van der Waals surface area contributed by atoms with E-state index < -0.39 is 0 Å². The number of hydrogen-bond acceptors (Lipinski definition) is 1. The third-order valence-corrected chi connectivity index (χ3v) is 3.39. The van der Waals surface area contributed by atoms with Crippen LogP contribution in [0.2, 0.25) is 0 Å². The van der Waals surface area contributed by atoms with Crippen molar-refractivity contribution in [1.29, 1.82) is 0 Å². The molecule has 0 radical (unpaired) electrons. The molecule has 0 unspecified atom stereocenters. The lowest BCUT2D eigenvalue weighted by molar-refractivity contribution is 0.603. The minimum atomic E-state index is 0.180. The van der Waals surface area contributed by atoms with E-state index in [0.29, 0.717) is 0 Å². The second kappa shape index (κ2) is 3.56. The van der Waals surface area contributed by atoms with Crippen LogP contribution in [0.1, 0.15) is 25.0 Å². The molecule has 12 heavy (non-hydrogen) atoms. The van der Waals surface area contributed by atoms with Gasteiger partial charge in [-0.05, 0) is 18.1 Å². The molecule has 0 aliphatic rings. The van der Waals surface area contributed by atoms with Gasteiger partial charge in [-0.15, -0.1) is 0 Å². The van der Waals surface area contributed by atoms with Gasteiger partial charge in [-0.2, -0.15) is 0 Å². The molecule has 1 rings (SSSR count). The van der Waals surface area contributed by atoms with Gasteiger partial charge in [0.1, 0.15) is 0 Å². The number of rotatable bonds is 2. The van der Waals surface area contributed by atoms with Gasteiger partial charge in [0.25, 0.3) is 0 Å². The van der Waals surface area contributed by atoms with Crippen LogP contribution in [0.4, 0.5) is 0 Å². The first-order valence-electron chi connectivity index (χ1n) is 4.04. The van der Waals surface area contributed by atoms with Crippen molar-refractivity contribution < 1.29 is 0 Å². The van der Waals surface area contributed by atoms with Crippen molar-refractivity contribution in [1.82, 2.24) is 4.98 Å². The van der Waals surface area contributed by atoms with Gasteiger partial charge in [0, 0.05) is 23.1 Å². The van der Waals surface area contributed by atoms with Crippen LogP contribution in [0.5, 0.6) is 0 Å². The minimum Gasteiger partial charge on any atom is -0.264 e. The Morgan fingerprint density at radius 2 is 2.08 bits per heavy atom. The van der Waals surface area contributed by atoms with E-state index in [0.717, 1.165) is 5.33 Å². The first kappa shape index (κ1) is 9.72. The molecule has 0 fully saturated rings. The maximum absolute atomic E-state index is 4.18. The molecule has 0 saturated heterocycles. The number of hydrogen-bond donors (Lipinski definition) is 0. The zero-order valence-electron chi connectivity index (χ0n) is 7.76. The van der Waals surface area contributed by atoms with Crippen LogP contribution < -0.4 is 0 Å². The van der Waals surface area contributed by atoms with Crippen molar-refractivity contribution in [3.63, 3.8) is 0 Å². The molecule has 0 aliphatic heterocycles. The van der Waals surface area contributed by atoms with Crippen LogP contribution in [0, 0.1) is 6.92 Å². The van der Waals surface area contributed by atoms with Crippen LogP contribution in [0.3, 0.4) is 0 Å². The normalized spacial score (nSPS) is 11.7. The highest BCUT2D eigenvalue weighted by Crippen LogP contribution is 2.24. The summed E-state index contributed by atoms with van der Waals surface area (Å²) in [6.45, 7) is 6.48. The molecule has 0 aliphatic carbocycles. The van der Waals surface area contributed by atoms with E-state index in [1.54, 1.807) is 0 Å². The topological polar surface area (TPSA) is 12.9 Å². The first-order chi connectivity index (χ1) is 5.56. The van der Waals surface area contributed by atoms with Gasteiger partial charge in [0.15, 0.2) is 0 Å². The van der Waals surface area contributed by atoms with Gasteiger partial charge in [-0.3, -0.25) is 4.98 Å². The Morgan fingerprint density at radius 1 is 1.42 bits per heavy atom. The Hall–Kier alpha value is -0.370. The summed E-state index contributed by atoms with van der Waals surface area (Å²) in [7, 11) is 0. The summed E-state index contributed by atoms with van der Waals surface area (Å²) in [4.78, 5) is 4.18. The number of alkyl halides is 1. The average molecular weight is 228 g/mol. The van der Waals surface area contributed by atoms with Gasteiger partial charge >= 0.3 is 0 Å². The van der Waals surface area contributed by atoms with Gasteiger partial charge in [0.2, 0.25) is 0 Å². The Morgan fingerprint density at radius 3 is 2.58 bits per heavy atom. The molecule has 1 aromatic heterocycles. The second-order valence-corrected chi connectivity index (χ2v) is 4.33. The lowest BCUT2D eigenvalue weighted by Crippen LogP contribution is -2.19. The zero-order valence-corrected chi connectivity index (χ0v) is 9.35. The van der Waals surface area contributed by atoms with Gasteiger partial charge in [-0.1, -0.05) is 35.8 Å². The van der Waals surface area contributed by atoms with E-state index in [1.165, 1.54) is 11.1 Å². The summed E-state index contributed by atoms with van der Waals surface area (Å²) in [5, 5.41) is 0.963. The van der Waals surface area contributed by atoms with Crippen molar-refractivity contribution in [2.24, 2.45) is 0 Å². The minimum absolute atomic E-state index is 0.180. The average Bonchev–Trinajstić information content (AvgIpc) is 2.05. The van der Waals surface area contributed by atoms with Crippen molar-refractivity contribution >= 4 is 15.9 Å². The molecule has 1 aromatic rings. The standard InChI is InChI=1S/C10H14BrN/c1-8-4-9(6-12-5-8)10(2,3)7-11/h4-6H,7H2,1-3H3. The molecule has 0 N–H and O–H groups in total. The Balaban J connectivity index is 3.03. The lowest BCUT2D eigenvalue weighted by atomic mass is 9.88. The molecule has 2 heteroatoms. The van der Waals surface area contributed by atoms with E-state index in [2.05, 4.69) is 47.8 Å². The van der Waals surface area contributed by atoms with Crippen LogP contribution in [-0.2, 0) is 5.41 Å². The predicted molar refractivity (Wildman–Crippen MR) is 55.8 cm³/mol. The van der Waals surface area contributed by atoms with E-state index in [9.17, 15) is 0 Å². The Kier molecular flexibility index (Phi) is 2.89. The molecule has 0 bridgehead atoms. The number of nitrogens with zero attached hydrogens (tertiary/aromatic N) is 1. The fraction of sp³-hybridized carbons (Fsp3) is 0.500. The molecular formula is C10H14BrN. The highest BCUT2D eigenvalue weighted by atomic mass is 79.9. The number of pyridine rings is 1. The molecule has 66 valence electrons. The van der Waals surface area contributed by atoms with Crippen molar-refractivity contribution in [2.45, 2.75) is 26.2 Å². The predicted octanol–water partition coefficient (Wildman–Crippen LogP) is 3.06. The van der Waals surface area contributed by atoms with E-state index >= 15 is 0 Å². The van der Waals surface area contributed by atoms with E-state index in [4.69, 9.17) is 0 Å². The SMILES string of the molecule is Cc1cncc(C(C)(C)CBr)c1. The molecule has 0 amide bonds. The monoisotopic (exact) mass is 227 g/mol. The number of aryl methyl sites for hydroxylation is 1. The fourth-order valence-electron chi connectivity index (χ4n) is 1.00. The first-order valence-corrected chi connectivity index (χ1v) is 5.16. The van der Waals surface area contributed by atoms with Crippen molar-refractivity contribution in [3.8, 4) is 0 Å². The van der Waals surface area contributed by atoms with Crippen LogP contribution in [-0.4, -0.2) is 10.3 Å². The smallest absolute Gasteiger partial charge is 0.0305 e. The summed E-state index contributed by atoms with van der Waals surface area (Å²) in [5.74, 6) is 0. The Labute approximate surface area is 82.3 Å². The summed E-state index contributed by atoms with van der Waals surface area (Å²) < 4.78 is 0. The summed E-state index contributed by atoms with van der Waals surface area (Å²) in [6.07, 6.45) is 3.82. The van der Waals surface area contributed by atoms with Crippen molar-refractivity contribution in [3.05, 3.63) is 29.6 Å². The fourth-order valence-corrected chi connectivity index (χ4v) is 1.33. The van der Waals surface area contributed by atoms with E-state index in [1.807, 2.05) is 12.4 Å². The van der Waals surface area contributed by atoms with Gasteiger partial charge in [-0.25, -0.2) is 0 Å². The maximum atomic E-state index is 4.18. The van der Waals surface area contributed by atoms with Gasteiger partial charge < -0.3 is 0 Å². The van der Waals surface area contributed by atoms with E-state index in [-0.39, 0.29) is 5.41 Å². The number of halogens is 1. The number of aromatic nitrogens is 1. The molecule has 0 aromatic carbocycles. The van der Waals surface area contributed by atoms with Crippen molar-refractivity contribution in [2.75, 3.05) is 5.33 Å². The second-order valence-electron chi connectivity index (χ2n) is 3.77. The summed E-state index contributed by atoms with van der Waals surface area (Å²) in [6, 6.07) is 2.19. The zero-order chi connectivity index (χ0) is 9.19. The summed E-state index contributed by atoms with van der Waals surface area (Å²) >= 11 is 3.50. The highest BCUT2D eigenvalue weighted by molar-refractivity contribution is 9.09. The molecule has 0 atom stereocenters. The molecule has 1 nitrogen and oxygen atoms in total. The summed E-state index contributed by atoms with van der Waals surface area (Å²) in [5.41, 5.74) is 2.69. The quantitative estimate of drug-likeness (QED) is 0.709. The highest BCUT2D eigenvalue weighted by Gasteiger charge is 2.18. The maximum Gasteiger partial charge on any atom is 0.0305 e. The molecule has 1 heterocycles. The third kappa shape index (κ3) is 2.07. The third-order valence-electron chi connectivity index (χ3n) is 1.99. The Bertz CT molecular complexity index is 268. The van der Waals surface area contributed by atoms with Crippen LogP contribution in [0.15, 0.2) is 18.5 Å². The molecule has 0 saturated carbocycles. The van der Waals surface area contributed by atoms with Crippen LogP contribution >= 0.6 is 15.9 Å². The molecular weight excluding hydrogens is 214 g/mol. The lowest BCUT2D eigenvalue weighted by Gasteiger charge is -2.21. The molecule has 0 spiro atoms. The van der Waals surface area contributed by atoms with Gasteiger partial charge in [0.05, 0.1) is 0 Å².